The van der Waals surface area contributed by atoms with Gasteiger partial charge in [-0.25, -0.2) is 0 Å². The Morgan fingerprint density at radius 1 is 1.21 bits per heavy atom. The van der Waals surface area contributed by atoms with Gasteiger partial charge < -0.3 is 16.0 Å². The maximum absolute atomic E-state index is 12.4. The Hall–Kier alpha value is -1.10. The van der Waals surface area contributed by atoms with Crippen molar-refractivity contribution in [3.8, 4) is 0 Å². The number of nitrogens with zero attached hydrogens (tertiary/aromatic N) is 1. The van der Waals surface area contributed by atoms with Crippen LogP contribution in [0.5, 0.6) is 0 Å². The summed E-state index contributed by atoms with van der Waals surface area (Å²) in [6, 6.07) is -0.408. The van der Waals surface area contributed by atoms with Crippen molar-refractivity contribution >= 4 is 11.8 Å². The Bertz CT molecular complexity index is 338. The van der Waals surface area contributed by atoms with Crippen molar-refractivity contribution in [2.45, 2.75) is 57.5 Å². The van der Waals surface area contributed by atoms with Gasteiger partial charge in [-0.05, 0) is 26.2 Å². The zero-order valence-electron chi connectivity index (χ0n) is 11.7. The van der Waals surface area contributed by atoms with Crippen LogP contribution in [0.3, 0.4) is 0 Å². The lowest BCUT2D eigenvalue weighted by Crippen LogP contribution is -2.45. The van der Waals surface area contributed by atoms with Gasteiger partial charge in [0.05, 0.1) is 6.04 Å². The van der Waals surface area contributed by atoms with Gasteiger partial charge in [0.25, 0.3) is 0 Å². The summed E-state index contributed by atoms with van der Waals surface area (Å²) in [5.41, 5.74) is 5.53. The fraction of sp³-hybridized carbons (Fsp3) is 0.857. The molecule has 1 aliphatic carbocycles. The number of amides is 2. The lowest BCUT2D eigenvalue weighted by atomic mass is 9.88. The van der Waals surface area contributed by atoms with Crippen molar-refractivity contribution in [3.05, 3.63) is 0 Å². The van der Waals surface area contributed by atoms with Crippen molar-refractivity contribution in [1.82, 2.24) is 10.2 Å². The molecule has 0 aromatic heterocycles. The molecular weight excluding hydrogens is 242 g/mol. The van der Waals surface area contributed by atoms with Gasteiger partial charge in [-0.1, -0.05) is 19.3 Å². The summed E-state index contributed by atoms with van der Waals surface area (Å²) in [6.45, 7) is 3.09. The molecule has 0 spiro atoms. The summed E-state index contributed by atoms with van der Waals surface area (Å²) < 4.78 is 0. The van der Waals surface area contributed by atoms with Gasteiger partial charge in [0.1, 0.15) is 0 Å². The SMILES string of the molecule is C[C@@H](N)C(=O)NC1CCN(C(=O)C2CCCCC2)C1. The lowest BCUT2D eigenvalue weighted by molar-refractivity contribution is -0.135. The second-order valence-electron chi connectivity index (χ2n) is 5.90. The molecule has 2 aliphatic rings. The molecule has 108 valence electrons. The third kappa shape index (κ3) is 3.69. The standard InChI is InChI=1S/C14H25N3O2/c1-10(15)13(18)16-12-7-8-17(9-12)14(19)11-5-3-2-4-6-11/h10-12H,2-9,15H2,1H3,(H,16,18)/t10-,12?/m1/s1. The van der Waals surface area contributed by atoms with Crippen molar-refractivity contribution in [3.63, 3.8) is 0 Å². The predicted octanol–water partition coefficient (Wildman–Crippen LogP) is 0.631. The fourth-order valence-electron chi connectivity index (χ4n) is 3.02. The van der Waals surface area contributed by atoms with Crippen LogP contribution in [-0.2, 0) is 9.59 Å². The van der Waals surface area contributed by atoms with Crippen molar-refractivity contribution in [2.75, 3.05) is 13.1 Å². The average Bonchev–Trinajstić information content (AvgIpc) is 2.87. The van der Waals surface area contributed by atoms with Crippen LogP contribution in [0.25, 0.3) is 0 Å². The summed E-state index contributed by atoms with van der Waals surface area (Å²) in [7, 11) is 0. The first kappa shape index (κ1) is 14.3. The molecule has 5 heteroatoms. The van der Waals surface area contributed by atoms with Gasteiger partial charge in [0.2, 0.25) is 11.8 Å². The molecule has 0 radical (unpaired) electrons. The molecule has 2 rings (SSSR count). The van der Waals surface area contributed by atoms with Crippen molar-refractivity contribution < 1.29 is 9.59 Å². The summed E-state index contributed by atoms with van der Waals surface area (Å²) in [6.07, 6.45) is 6.52. The van der Waals surface area contributed by atoms with Crippen LogP contribution < -0.4 is 11.1 Å². The smallest absolute Gasteiger partial charge is 0.236 e. The topological polar surface area (TPSA) is 75.4 Å². The number of hydrogen-bond donors (Lipinski definition) is 2. The van der Waals surface area contributed by atoms with Crippen LogP contribution in [0.1, 0.15) is 45.4 Å². The molecule has 5 nitrogen and oxygen atoms in total. The van der Waals surface area contributed by atoms with Gasteiger partial charge in [0.15, 0.2) is 0 Å². The van der Waals surface area contributed by atoms with E-state index in [4.69, 9.17) is 5.73 Å². The van der Waals surface area contributed by atoms with Crippen LogP contribution in [0.2, 0.25) is 0 Å². The minimum Gasteiger partial charge on any atom is -0.350 e. The van der Waals surface area contributed by atoms with Crippen LogP contribution in [0.4, 0.5) is 0 Å². The summed E-state index contributed by atoms with van der Waals surface area (Å²) >= 11 is 0. The van der Waals surface area contributed by atoms with E-state index in [-0.39, 0.29) is 23.8 Å². The van der Waals surface area contributed by atoms with Crippen molar-refractivity contribution in [2.24, 2.45) is 11.7 Å². The minimum absolute atomic E-state index is 0.0750. The molecule has 2 amide bonds. The van der Waals surface area contributed by atoms with Gasteiger partial charge in [-0.2, -0.15) is 0 Å². The number of likely N-dealkylation sites (tertiary alicyclic amines) is 1. The van der Waals surface area contributed by atoms with Gasteiger partial charge in [0, 0.05) is 25.0 Å². The quantitative estimate of drug-likeness (QED) is 0.787. The number of carbonyl (C=O) groups excluding carboxylic acids is 2. The predicted molar refractivity (Wildman–Crippen MR) is 73.4 cm³/mol. The number of nitrogens with one attached hydrogen (secondary N) is 1. The Balaban J connectivity index is 1.80. The zero-order chi connectivity index (χ0) is 13.8. The number of rotatable bonds is 3. The molecule has 0 aromatic rings. The third-order valence-electron chi connectivity index (χ3n) is 4.21. The Morgan fingerprint density at radius 3 is 2.53 bits per heavy atom. The maximum Gasteiger partial charge on any atom is 0.236 e. The zero-order valence-corrected chi connectivity index (χ0v) is 11.7. The van der Waals surface area contributed by atoms with Gasteiger partial charge in [-0.3, -0.25) is 9.59 Å². The van der Waals surface area contributed by atoms with Crippen LogP contribution in [-0.4, -0.2) is 41.9 Å². The van der Waals surface area contributed by atoms with Gasteiger partial charge >= 0.3 is 0 Å². The first-order valence-corrected chi connectivity index (χ1v) is 7.42. The summed E-state index contributed by atoms with van der Waals surface area (Å²) in [4.78, 5) is 25.8. The highest BCUT2D eigenvalue weighted by Crippen LogP contribution is 2.26. The van der Waals surface area contributed by atoms with E-state index in [2.05, 4.69) is 5.32 Å². The van der Waals surface area contributed by atoms with E-state index < -0.39 is 6.04 Å². The van der Waals surface area contributed by atoms with Gasteiger partial charge in [-0.15, -0.1) is 0 Å². The Morgan fingerprint density at radius 2 is 1.89 bits per heavy atom. The van der Waals surface area contributed by atoms with E-state index in [0.29, 0.717) is 6.54 Å². The first-order valence-electron chi connectivity index (χ1n) is 7.42. The molecule has 2 atom stereocenters. The molecule has 2 fully saturated rings. The lowest BCUT2D eigenvalue weighted by Gasteiger charge is -2.26. The Kier molecular flexibility index (Phi) is 4.80. The van der Waals surface area contributed by atoms with Crippen LogP contribution >= 0.6 is 0 Å². The second-order valence-corrected chi connectivity index (χ2v) is 5.90. The van der Waals surface area contributed by atoms with E-state index in [9.17, 15) is 9.59 Å². The molecule has 19 heavy (non-hydrogen) atoms. The van der Waals surface area contributed by atoms with Crippen LogP contribution in [0.15, 0.2) is 0 Å². The highest BCUT2D eigenvalue weighted by molar-refractivity contribution is 5.82. The number of hydrogen-bond acceptors (Lipinski definition) is 3. The molecule has 3 N–H and O–H groups in total. The molecule has 0 bridgehead atoms. The molecular formula is C14H25N3O2. The molecule has 1 aliphatic heterocycles. The molecule has 1 saturated heterocycles. The average molecular weight is 267 g/mol. The van der Waals surface area contributed by atoms with Crippen molar-refractivity contribution in [1.29, 1.82) is 0 Å². The molecule has 1 heterocycles. The Labute approximate surface area is 114 Å². The third-order valence-corrected chi connectivity index (χ3v) is 4.21. The summed E-state index contributed by atoms with van der Waals surface area (Å²) in [5, 5.41) is 2.91. The largest absolute Gasteiger partial charge is 0.350 e. The molecule has 1 unspecified atom stereocenters. The van der Waals surface area contributed by atoms with E-state index >= 15 is 0 Å². The highest BCUT2D eigenvalue weighted by Gasteiger charge is 2.32. The van der Waals surface area contributed by atoms with Crippen LogP contribution in [0, 0.1) is 5.92 Å². The fourth-order valence-corrected chi connectivity index (χ4v) is 3.02. The van der Waals surface area contributed by atoms with E-state index in [1.165, 1.54) is 19.3 Å². The second kappa shape index (κ2) is 6.37. The van der Waals surface area contributed by atoms with E-state index in [1.54, 1.807) is 6.92 Å². The maximum atomic E-state index is 12.4. The van der Waals surface area contributed by atoms with E-state index in [1.807, 2.05) is 4.90 Å². The first-order chi connectivity index (χ1) is 9.08. The summed E-state index contributed by atoms with van der Waals surface area (Å²) in [5.74, 6) is 0.380. The normalized spacial score (nSPS) is 26.2. The molecule has 1 saturated carbocycles. The van der Waals surface area contributed by atoms with E-state index in [0.717, 1.165) is 25.8 Å². The minimum atomic E-state index is -0.483. The number of nitrogens with two attached hydrogens (primary N) is 1. The highest BCUT2D eigenvalue weighted by atomic mass is 16.2. The molecule has 0 aromatic carbocycles. The monoisotopic (exact) mass is 267 g/mol. The number of carbonyl (C=O) groups is 2.